The first kappa shape index (κ1) is 19.4. The van der Waals surface area contributed by atoms with Gasteiger partial charge in [-0.25, -0.2) is 4.68 Å². The van der Waals surface area contributed by atoms with Gasteiger partial charge in [-0.3, -0.25) is 4.79 Å². The Morgan fingerprint density at radius 3 is 2.72 bits per heavy atom. The van der Waals surface area contributed by atoms with Gasteiger partial charge in [0.05, 0.1) is 11.4 Å². The normalized spacial score (nSPS) is 12.4. The molecule has 25 heavy (non-hydrogen) atoms. The number of amides is 1. The van der Waals surface area contributed by atoms with Crippen LogP contribution in [0.5, 0.6) is 0 Å². The molecule has 2 rings (SSSR count). The fourth-order valence-electron chi connectivity index (χ4n) is 2.56. The average Bonchev–Trinajstić information content (AvgIpc) is 3.02. The third-order valence-corrected chi connectivity index (χ3v) is 4.59. The quantitative estimate of drug-likeness (QED) is 0.820. The summed E-state index contributed by atoms with van der Waals surface area (Å²) in [6, 6.07) is 7.41. The highest BCUT2D eigenvalue weighted by atomic mass is 35.5. The monoisotopic (exact) mass is 363 g/mol. The molecule has 2 aromatic rings. The van der Waals surface area contributed by atoms with Gasteiger partial charge in [0.1, 0.15) is 0 Å². The molecule has 1 atom stereocenters. The van der Waals surface area contributed by atoms with E-state index in [2.05, 4.69) is 24.2 Å². The molecule has 0 aliphatic rings. The first-order valence-electron chi connectivity index (χ1n) is 8.56. The third-order valence-electron chi connectivity index (χ3n) is 4.35. The van der Waals surface area contributed by atoms with Crippen molar-refractivity contribution in [3.05, 3.63) is 40.7 Å². The minimum atomic E-state index is -0.138. The number of nitrogens with two attached hydrogens (primary N) is 1. The first-order chi connectivity index (χ1) is 11.8. The average molecular weight is 364 g/mol. The van der Waals surface area contributed by atoms with Crippen LogP contribution in [0.25, 0.3) is 5.69 Å². The zero-order chi connectivity index (χ0) is 18.6. The van der Waals surface area contributed by atoms with Crippen LogP contribution in [0.1, 0.15) is 43.4 Å². The van der Waals surface area contributed by atoms with Crippen LogP contribution >= 0.6 is 11.6 Å². The van der Waals surface area contributed by atoms with Crippen molar-refractivity contribution in [2.24, 2.45) is 11.7 Å². The van der Waals surface area contributed by atoms with E-state index in [0.29, 0.717) is 29.6 Å². The third kappa shape index (κ3) is 4.58. The summed E-state index contributed by atoms with van der Waals surface area (Å²) in [5.41, 5.74) is 8.01. The Balaban J connectivity index is 2.20. The Morgan fingerprint density at radius 2 is 2.12 bits per heavy atom. The van der Waals surface area contributed by atoms with Gasteiger partial charge in [-0.05, 0) is 37.0 Å². The van der Waals surface area contributed by atoms with Crippen molar-refractivity contribution in [3.8, 4) is 5.69 Å². The number of carbonyl (C=O) groups is 1. The van der Waals surface area contributed by atoms with Crippen LogP contribution in [-0.4, -0.2) is 45.4 Å². The number of halogens is 1. The molecule has 0 saturated heterocycles. The lowest BCUT2D eigenvalue weighted by atomic mass is 10.0. The molecular weight excluding hydrogens is 338 g/mol. The molecule has 7 heteroatoms. The molecule has 136 valence electrons. The van der Waals surface area contributed by atoms with E-state index in [9.17, 15) is 4.79 Å². The van der Waals surface area contributed by atoms with Gasteiger partial charge in [-0.15, -0.1) is 5.10 Å². The zero-order valence-corrected chi connectivity index (χ0v) is 16.0. The predicted molar refractivity (Wildman–Crippen MR) is 100 cm³/mol. The van der Waals surface area contributed by atoms with Gasteiger partial charge in [0.25, 0.3) is 5.91 Å². The van der Waals surface area contributed by atoms with Gasteiger partial charge in [0, 0.05) is 24.7 Å². The Morgan fingerprint density at radius 1 is 1.40 bits per heavy atom. The lowest BCUT2D eigenvalue weighted by Gasteiger charge is -2.21. The van der Waals surface area contributed by atoms with Crippen molar-refractivity contribution in [1.29, 1.82) is 0 Å². The van der Waals surface area contributed by atoms with E-state index in [0.717, 1.165) is 17.8 Å². The Kier molecular flexibility index (Phi) is 6.56. The fraction of sp³-hybridized carbons (Fsp3) is 0.500. The minimum Gasteiger partial charge on any atom is -0.340 e. The number of benzene rings is 1. The number of hydrogen-bond acceptors (Lipinski definition) is 4. The van der Waals surface area contributed by atoms with Gasteiger partial charge in [0.15, 0.2) is 5.69 Å². The van der Waals surface area contributed by atoms with E-state index in [1.54, 1.807) is 28.8 Å². The highest BCUT2D eigenvalue weighted by Crippen LogP contribution is 2.18. The summed E-state index contributed by atoms with van der Waals surface area (Å²) >= 11 is 6.06. The Bertz CT molecular complexity index is 728. The summed E-state index contributed by atoms with van der Waals surface area (Å²) in [5.74, 6) is 0.250. The molecule has 1 amide bonds. The van der Waals surface area contributed by atoms with E-state index in [1.807, 2.05) is 19.1 Å². The van der Waals surface area contributed by atoms with Crippen LogP contribution in [0, 0.1) is 5.92 Å². The predicted octanol–water partition coefficient (Wildman–Crippen LogP) is 2.93. The van der Waals surface area contributed by atoms with Gasteiger partial charge in [-0.2, -0.15) is 0 Å². The molecule has 1 aromatic carbocycles. The van der Waals surface area contributed by atoms with Crippen LogP contribution in [0.4, 0.5) is 0 Å². The van der Waals surface area contributed by atoms with Crippen molar-refractivity contribution in [3.63, 3.8) is 0 Å². The van der Waals surface area contributed by atoms with Gasteiger partial charge in [0.2, 0.25) is 0 Å². The molecule has 2 N–H and O–H groups in total. The lowest BCUT2D eigenvalue weighted by molar-refractivity contribution is 0.0782. The molecule has 0 bridgehead atoms. The number of carbonyl (C=O) groups excluding carboxylic acids is 1. The van der Waals surface area contributed by atoms with E-state index in [4.69, 9.17) is 17.3 Å². The van der Waals surface area contributed by atoms with Crippen molar-refractivity contribution < 1.29 is 4.79 Å². The second kappa shape index (κ2) is 8.45. The van der Waals surface area contributed by atoms with E-state index in [1.165, 1.54) is 0 Å². The number of rotatable bonds is 7. The van der Waals surface area contributed by atoms with Crippen LogP contribution in [0.3, 0.4) is 0 Å². The molecule has 1 heterocycles. The summed E-state index contributed by atoms with van der Waals surface area (Å²) in [6.07, 6.45) is 1.39. The zero-order valence-electron chi connectivity index (χ0n) is 15.2. The highest BCUT2D eigenvalue weighted by molar-refractivity contribution is 6.30. The van der Waals surface area contributed by atoms with Gasteiger partial charge in [-0.1, -0.05) is 43.7 Å². The summed E-state index contributed by atoms with van der Waals surface area (Å²) in [7, 11) is 1.77. The number of aromatic nitrogens is 3. The number of hydrogen-bond donors (Lipinski definition) is 1. The standard InChI is InChI=1S/C18H26ClN5O/c1-5-16-17(18(25)23(4)10-9-15(20)12(2)3)21-22-24(16)14-8-6-7-13(19)11-14/h6-8,11-12,15H,5,9-10,20H2,1-4H3. The van der Waals surface area contributed by atoms with Gasteiger partial charge < -0.3 is 10.6 Å². The summed E-state index contributed by atoms with van der Waals surface area (Å²) in [5, 5.41) is 8.90. The first-order valence-corrected chi connectivity index (χ1v) is 8.94. The molecule has 0 spiro atoms. The molecule has 0 saturated carbocycles. The largest absolute Gasteiger partial charge is 0.340 e. The Hall–Kier alpha value is -1.92. The van der Waals surface area contributed by atoms with Crippen LogP contribution in [0.2, 0.25) is 5.02 Å². The minimum absolute atomic E-state index is 0.0723. The van der Waals surface area contributed by atoms with Crippen LogP contribution in [0.15, 0.2) is 24.3 Å². The molecule has 1 unspecified atom stereocenters. The van der Waals surface area contributed by atoms with Crippen molar-refractivity contribution in [1.82, 2.24) is 19.9 Å². The van der Waals surface area contributed by atoms with E-state index >= 15 is 0 Å². The van der Waals surface area contributed by atoms with Crippen LogP contribution in [-0.2, 0) is 6.42 Å². The summed E-state index contributed by atoms with van der Waals surface area (Å²) < 4.78 is 1.67. The fourth-order valence-corrected chi connectivity index (χ4v) is 2.74. The maximum atomic E-state index is 12.8. The molecular formula is C18H26ClN5O. The van der Waals surface area contributed by atoms with E-state index < -0.39 is 0 Å². The molecule has 0 aliphatic carbocycles. The smallest absolute Gasteiger partial charge is 0.276 e. The van der Waals surface area contributed by atoms with E-state index in [-0.39, 0.29) is 11.9 Å². The molecule has 0 fully saturated rings. The lowest BCUT2D eigenvalue weighted by Crippen LogP contribution is -2.35. The Labute approximate surface area is 153 Å². The molecule has 0 aliphatic heterocycles. The maximum Gasteiger partial charge on any atom is 0.276 e. The topological polar surface area (TPSA) is 77.0 Å². The molecule has 1 aromatic heterocycles. The highest BCUT2D eigenvalue weighted by Gasteiger charge is 2.23. The van der Waals surface area contributed by atoms with Gasteiger partial charge >= 0.3 is 0 Å². The molecule has 6 nitrogen and oxygen atoms in total. The van der Waals surface area contributed by atoms with Crippen molar-refractivity contribution >= 4 is 17.5 Å². The second-order valence-corrected chi connectivity index (χ2v) is 6.99. The summed E-state index contributed by atoms with van der Waals surface area (Å²) in [6.45, 7) is 6.73. The summed E-state index contributed by atoms with van der Waals surface area (Å²) in [4.78, 5) is 14.4. The SMILES string of the molecule is CCc1c(C(=O)N(C)CCC(N)C(C)C)nnn1-c1cccc(Cl)c1. The maximum absolute atomic E-state index is 12.8. The van der Waals surface area contributed by atoms with Crippen LogP contribution < -0.4 is 5.73 Å². The molecule has 0 radical (unpaired) electrons. The van der Waals surface area contributed by atoms with Crippen molar-refractivity contribution in [2.75, 3.05) is 13.6 Å². The van der Waals surface area contributed by atoms with Crippen molar-refractivity contribution in [2.45, 2.75) is 39.7 Å². The second-order valence-electron chi connectivity index (χ2n) is 6.55. The number of nitrogens with zero attached hydrogens (tertiary/aromatic N) is 4.